The van der Waals surface area contributed by atoms with E-state index in [0.29, 0.717) is 23.8 Å². The van der Waals surface area contributed by atoms with Crippen molar-refractivity contribution in [1.82, 2.24) is 9.97 Å². The molecule has 6 heteroatoms. The molecule has 1 aromatic heterocycles. The van der Waals surface area contributed by atoms with Crippen LogP contribution in [0.25, 0.3) is 10.9 Å². The minimum absolute atomic E-state index is 0.200. The number of benzene rings is 2. The van der Waals surface area contributed by atoms with Crippen LogP contribution in [-0.2, 0) is 11.3 Å². The van der Waals surface area contributed by atoms with Gasteiger partial charge in [-0.2, -0.15) is 0 Å². The van der Waals surface area contributed by atoms with Crippen LogP contribution in [-0.4, -0.2) is 22.5 Å². The zero-order valence-electron chi connectivity index (χ0n) is 14.6. The zero-order valence-corrected chi connectivity index (χ0v) is 14.6. The van der Waals surface area contributed by atoms with Crippen LogP contribution in [0.1, 0.15) is 5.56 Å². The highest BCUT2D eigenvalue weighted by molar-refractivity contribution is 5.98. The molecule has 1 amide bonds. The van der Waals surface area contributed by atoms with E-state index >= 15 is 0 Å². The predicted molar refractivity (Wildman–Crippen MR) is 106 cm³/mol. The van der Waals surface area contributed by atoms with Crippen LogP contribution < -0.4 is 15.4 Å². The Kier molecular flexibility index (Phi) is 5.65. The molecule has 0 atom stereocenters. The second-order valence-electron chi connectivity index (χ2n) is 5.64. The molecule has 134 valence electrons. The number of terminal acetylenes is 1. The third kappa shape index (κ3) is 4.61. The maximum Gasteiger partial charge on any atom is 0.247 e. The molecule has 6 nitrogen and oxygen atoms in total. The number of aromatic nitrogens is 2. The van der Waals surface area contributed by atoms with Crippen molar-refractivity contribution in [2.45, 2.75) is 6.54 Å². The van der Waals surface area contributed by atoms with Crippen LogP contribution in [0.4, 0.5) is 11.5 Å². The second-order valence-corrected chi connectivity index (χ2v) is 5.64. The smallest absolute Gasteiger partial charge is 0.247 e. The fraction of sp³-hybridized carbons (Fsp3) is 0.0952. The molecule has 0 radical (unpaired) electrons. The summed E-state index contributed by atoms with van der Waals surface area (Å²) in [5, 5.41) is 6.88. The number of anilines is 2. The number of hydrogen-bond acceptors (Lipinski definition) is 5. The average molecular weight is 358 g/mol. The SMILES string of the molecule is C#CCOc1ccc2ncnc(NCc3cccc(NC(=O)C=C)c3)c2c1. The molecule has 1 heterocycles. The summed E-state index contributed by atoms with van der Waals surface area (Å²) in [7, 11) is 0. The quantitative estimate of drug-likeness (QED) is 0.500. The van der Waals surface area contributed by atoms with Gasteiger partial charge in [0.15, 0.2) is 0 Å². The summed E-state index contributed by atoms with van der Waals surface area (Å²) in [6, 6.07) is 13.1. The van der Waals surface area contributed by atoms with E-state index in [1.54, 1.807) is 0 Å². The van der Waals surface area contributed by atoms with E-state index in [-0.39, 0.29) is 12.5 Å². The van der Waals surface area contributed by atoms with Gasteiger partial charge in [-0.25, -0.2) is 9.97 Å². The van der Waals surface area contributed by atoms with Crippen LogP contribution in [0, 0.1) is 12.3 Å². The van der Waals surface area contributed by atoms with Gasteiger partial charge < -0.3 is 15.4 Å². The van der Waals surface area contributed by atoms with Crippen molar-refractivity contribution in [1.29, 1.82) is 0 Å². The van der Waals surface area contributed by atoms with Crippen LogP contribution in [0.3, 0.4) is 0 Å². The van der Waals surface area contributed by atoms with Crippen molar-refractivity contribution in [2.75, 3.05) is 17.2 Å². The van der Waals surface area contributed by atoms with Gasteiger partial charge in [0.05, 0.1) is 5.52 Å². The van der Waals surface area contributed by atoms with Crippen molar-refractivity contribution >= 4 is 28.3 Å². The topological polar surface area (TPSA) is 76.1 Å². The molecule has 0 aliphatic carbocycles. The summed E-state index contributed by atoms with van der Waals surface area (Å²) < 4.78 is 5.48. The summed E-state index contributed by atoms with van der Waals surface area (Å²) >= 11 is 0. The largest absolute Gasteiger partial charge is 0.481 e. The monoisotopic (exact) mass is 358 g/mol. The van der Waals surface area contributed by atoms with Gasteiger partial charge in [-0.15, -0.1) is 6.42 Å². The third-order valence-electron chi connectivity index (χ3n) is 3.77. The first kappa shape index (κ1) is 18.0. The Morgan fingerprint density at radius 1 is 1.26 bits per heavy atom. The lowest BCUT2D eigenvalue weighted by atomic mass is 10.2. The standard InChI is InChI=1S/C21H18N4O2/c1-3-10-27-17-8-9-19-18(12-17)21(24-14-23-19)22-13-15-6-5-7-16(11-15)25-20(26)4-2/h1,4-9,11-12,14H,2,10,13H2,(H,25,26)(H,22,23,24). The maximum absolute atomic E-state index is 11.4. The van der Waals surface area contributed by atoms with E-state index in [2.05, 4.69) is 33.1 Å². The number of amides is 1. The van der Waals surface area contributed by atoms with Crippen LogP contribution in [0.2, 0.25) is 0 Å². The molecule has 2 aromatic carbocycles. The van der Waals surface area contributed by atoms with E-state index in [0.717, 1.165) is 16.5 Å². The van der Waals surface area contributed by atoms with E-state index in [4.69, 9.17) is 11.2 Å². The molecule has 0 saturated heterocycles. The summed E-state index contributed by atoms with van der Waals surface area (Å²) in [5.41, 5.74) is 2.49. The first-order valence-corrected chi connectivity index (χ1v) is 8.27. The minimum Gasteiger partial charge on any atom is -0.481 e. The van der Waals surface area contributed by atoms with Crippen molar-refractivity contribution in [3.05, 3.63) is 67.0 Å². The molecule has 0 unspecified atom stereocenters. The van der Waals surface area contributed by atoms with E-state index in [1.165, 1.54) is 12.4 Å². The van der Waals surface area contributed by atoms with Gasteiger partial charge in [-0.3, -0.25) is 4.79 Å². The molecule has 0 saturated carbocycles. The molecule has 0 aliphatic heterocycles. The summed E-state index contributed by atoms with van der Waals surface area (Å²) in [4.78, 5) is 20.0. The number of carbonyl (C=O) groups is 1. The van der Waals surface area contributed by atoms with Gasteiger partial charge in [0.25, 0.3) is 0 Å². The first-order valence-electron chi connectivity index (χ1n) is 8.27. The Balaban J connectivity index is 1.78. The Morgan fingerprint density at radius 2 is 2.15 bits per heavy atom. The van der Waals surface area contributed by atoms with Crippen LogP contribution in [0.5, 0.6) is 5.75 Å². The fourth-order valence-electron chi connectivity index (χ4n) is 2.53. The molecule has 0 bridgehead atoms. The Bertz CT molecular complexity index is 1020. The van der Waals surface area contributed by atoms with Gasteiger partial charge in [0.1, 0.15) is 24.5 Å². The molecule has 3 aromatic rings. The lowest BCUT2D eigenvalue weighted by molar-refractivity contribution is -0.111. The number of ether oxygens (including phenoxy) is 1. The average Bonchev–Trinajstić information content (AvgIpc) is 2.70. The third-order valence-corrected chi connectivity index (χ3v) is 3.77. The maximum atomic E-state index is 11.4. The van der Waals surface area contributed by atoms with E-state index < -0.39 is 0 Å². The minimum atomic E-state index is -0.249. The summed E-state index contributed by atoms with van der Waals surface area (Å²) in [6.07, 6.45) is 7.98. The fourth-order valence-corrected chi connectivity index (χ4v) is 2.53. The van der Waals surface area contributed by atoms with Gasteiger partial charge in [-0.1, -0.05) is 24.6 Å². The molecular formula is C21H18N4O2. The van der Waals surface area contributed by atoms with Gasteiger partial charge in [-0.05, 0) is 42.0 Å². The Morgan fingerprint density at radius 3 is 2.96 bits per heavy atom. The van der Waals surface area contributed by atoms with Crippen LogP contribution in [0.15, 0.2) is 61.4 Å². The number of nitrogens with one attached hydrogen (secondary N) is 2. The Labute approximate surface area is 157 Å². The van der Waals surface area contributed by atoms with Crippen molar-refractivity contribution in [3.63, 3.8) is 0 Å². The van der Waals surface area contributed by atoms with Crippen molar-refractivity contribution in [2.24, 2.45) is 0 Å². The molecular weight excluding hydrogens is 340 g/mol. The summed E-state index contributed by atoms with van der Waals surface area (Å²) in [6.45, 7) is 4.18. The second kappa shape index (κ2) is 8.50. The lowest BCUT2D eigenvalue weighted by Gasteiger charge is -2.11. The van der Waals surface area contributed by atoms with Gasteiger partial charge in [0, 0.05) is 17.6 Å². The first-order chi connectivity index (χ1) is 13.2. The highest BCUT2D eigenvalue weighted by Gasteiger charge is 2.06. The molecule has 2 N–H and O–H groups in total. The highest BCUT2D eigenvalue weighted by atomic mass is 16.5. The zero-order chi connectivity index (χ0) is 19.1. The van der Waals surface area contributed by atoms with Crippen LogP contribution >= 0.6 is 0 Å². The van der Waals surface area contributed by atoms with Crippen molar-refractivity contribution in [3.8, 4) is 18.1 Å². The number of carbonyl (C=O) groups excluding carboxylic acids is 1. The van der Waals surface area contributed by atoms with Crippen molar-refractivity contribution < 1.29 is 9.53 Å². The number of hydrogen-bond donors (Lipinski definition) is 2. The van der Waals surface area contributed by atoms with Gasteiger partial charge >= 0.3 is 0 Å². The molecule has 0 aliphatic rings. The van der Waals surface area contributed by atoms with E-state index in [1.807, 2.05) is 42.5 Å². The summed E-state index contributed by atoms with van der Waals surface area (Å²) in [5.74, 6) is 3.54. The lowest BCUT2D eigenvalue weighted by Crippen LogP contribution is -2.08. The Hall–Kier alpha value is -3.85. The molecule has 0 fully saturated rings. The van der Waals surface area contributed by atoms with E-state index in [9.17, 15) is 4.79 Å². The molecule has 27 heavy (non-hydrogen) atoms. The highest BCUT2D eigenvalue weighted by Crippen LogP contribution is 2.25. The molecule has 3 rings (SSSR count). The van der Waals surface area contributed by atoms with Gasteiger partial charge in [0.2, 0.25) is 5.91 Å². The predicted octanol–water partition coefficient (Wildman–Crippen LogP) is 3.38. The number of fused-ring (bicyclic) bond motifs is 1. The number of rotatable bonds is 7. The normalized spacial score (nSPS) is 10.0. The molecule has 0 spiro atoms. The number of nitrogens with zero attached hydrogens (tertiary/aromatic N) is 2.